The Balaban J connectivity index is 2.18. The van der Waals surface area contributed by atoms with Crippen LogP contribution in [-0.4, -0.2) is 35.7 Å². The van der Waals surface area contributed by atoms with Crippen molar-refractivity contribution in [3.05, 3.63) is 11.3 Å². The van der Waals surface area contributed by atoms with Crippen LogP contribution >= 0.6 is 11.6 Å². The summed E-state index contributed by atoms with van der Waals surface area (Å²) in [5.74, 6) is 0.964. The molecule has 1 aliphatic rings. The first-order valence-electron chi connectivity index (χ1n) is 4.42. The molecule has 0 radical (unpaired) electrons. The van der Waals surface area contributed by atoms with Crippen molar-refractivity contribution in [2.24, 2.45) is 7.05 Å². The Labute approximate surface area is 82.5 Å². The van der Waals surface area contributed by atoms with Crippen LogP contribution in [0, 0.1) is 0 Å². The van der Waals surface area contributed by atoms with E-state index in [0.717, 1.165) is 32.1 Å². The molecule has 4 nitrogen and oxygen atoms in total. The molecular weight excluding hydrogens is 188 g/mol. The number of halogens is 1. The lowest BCUT2D eigenvalue weighted by Crippen LogP contribution is -2.44. The minimum atomic E-state index is 0.688. The fourth-order valence-corrected chi connectivity index (χ4v) is 1.66. The summed E-state index contributed by atoms with van der Waals surface area (Å²) in [5.41, 5.74) is 0. The third-order valence-corrected chi connectivity index (χ3v) is 2.66. The van der Waals surface area contributed by atoms with Crippen molar-refractivity contribution in [2.75, 3.05) is 31.1 Å². The number of nitrogens with one attached hydrogen (secondary N) is 1. The third kappa shape index (κ3) is 1.64. The number of piperazine rings is 1. The van der Waals surface area contributed by atoms with E-state index < -0.39 is 0 Å². The first-order valence-corrected chi connectivity index (χ1v) is 4.80. The lowest BCUT2D eigenvalue weighted by molar-refractivity contribution is 0.574. The zero-order valence-electron chi connectivity index (χ0n) is 7.63. The quantitative estimate of drug-likeness (QED) is 0.716. The summed E-state index contributed by atoms with van der Waals surface area (Å²) in [6.07, 6.45) is 1.69. The van der Waals surface area contributed by atoms with E-state index in [4.69, 9.17) is 11.6 Å². The fourth-order valence-electron chi connectivity index (χ4n) is 1.54. The Morgan fingerprint density at radius 2 is 2.15 bits per heavy atom. The van der Waals surface area contributed by atoms with E-state index in [9.17, 15) is 0 Å². The summed E-state index contributed by atoms with van der Waals surface area (Å²) in [5, 5.41) is 3.99. The molecule has 2 heterocycles. The first-order chi connectivity index (χ1) is 6.29. The van der Waals surface area contributed by atoms with Gasteiger partial charge in [0.1, 0.15) is 5.15 Å². The zero-order valence-corrected chi connectivity index (χ0v) is 8.38. The number of rotatable bonds is 1. The molecule has 0 bridgehead atoms. The molecule has 0 saturated carbocycles. The van der Waals surface area contributed by atoms with Gasteiger partial charge in [0.15, 0.2) is 0 Å². The van der Waals surface area contributed by atoms with Gasteiger partial charge in [-0.3, -0.25) is 0 Å². The van der Waals surface area contributed by atoms with Crippen LogP contribution in [0.15, 0.2) is 6.20 Å². The Hall–Kier alpha value is -0.740. The second-order valence-corrected chi connectivity index (χ2v) is 3.56. The predicted octanol–water partition coefficient (Wildman–Crippen LogP) is 0.483. The fraction of sp³-hybridized carbons (Fsp3) is 0.625. The van der Waals surface area contributed by atoms with Crippen molar-refractivity contribution in [3.8, 4) is 0 Å². The minimum Gasteiger partial charge on any atom is -0.340 e. The lowest BCUT2D eigenvalue weighted by Gasteiger charge is -2.28. The average Bonchev–Trinajstić information content (AvgIpc) is 2.49. The van der Waals surface area contributed by atoms with Crippen molar-refractivity contribution in [3.63, 3.8) is 0 Å². The monoisotopic (exact) mass is 200 g/mol. The molecule has 0 aliphatic carbocycles. The molecule has 0 unspecified atom stereocenters. The number of nitrogens with zero attached hydrogens (tertiary/aromatic N) is 3. The molecular formula is C8H13ClN4. The Bertz CT molecular complexity index is 290. The van der Waals surface area contributed by atoms with Crippen LogP contribution in [0.2, 0.25) is 5.15 Å². The molecule has 1 fully saturated rings. The number of imidazole rings is 1. The highest BCUT2D eigenvalue weighted by molar-refractivity contribution is 6.29. The summed E-state index contributed by atoms with van der Waals surface area (Å²) in [6, 6.07) is 0. The summed E-state index contributed by atoms with van der Waals surface area (Å²) in [4.78, 5) is 6.51. The van der Waals surface area contributed by atoms with Crippen molar-refractivity contribution in [1.82, 2.24) is 14.9 Å². The number of anilines is 1. The highest BCUT2D eigenvalue weighted by atomic mass is 35.5. The zero-order chi connectivity index (χ0) is 9.26. The van der Waals surface area contributed by atoms with Gasteiger partial charge in [0.2, 0.25) is 5.95 Å². The maximum absolute atomic E-state index is 5.91. The first kappa shape index (κ1) is 8.84. The van der Waals surface area contributed by atoms with Crippen LogP contribution in [0.3, 0.4) is 0 Å². The normalized spacial score (nSPS) is 17.8. The molecule has 1 N–H and O–H groups in total. The van der Waals surface area contributed by atoms with Gasteiger partial charge in [-0.25, -0.2) is 4.98 Å². The number of hydrogen-bond donors (Lipinski definition) is 1. The summed E-state index contributed by atoms with van der Waals surface area (Å²) in [6.45, 7) is 4.04. The molecule has 1 saturated heterocycles. The third-order valence-electron chi connectivity index (χ3n) is 2.31. The van der Waals surface area contributed by atoms with Gasteiger partial charge in [0.05, 0.1) is 6.20 Å². The molecule has 2 rings (SSSR count). The molecule has 13 heavy (non-hydrogen) atoms. The van der Waals surface area contributed by atoms with Crippen LogP contribution < -0.4 is 10.2 Å². The molecule has 0 atom stereocenters. The van der Waals surface area contributed by atoms with Gasteiger partial charge in [-0.05, 0) is 0 Å². The van der Waals surface area contributed by atoms with E-state index in [2.05, 4.69) is 15.2 Å². The highest BCUT2D eigenvalue weighted by Gasteiger charge is 2.15. The topological polar surface area (TPSA) is 33.1 Å². The lowest BCUT2D eigenvalue weighted by atomic mass is 10.4. The van der Waals surface area contributed by atoms with Crippen LogP contribution in [0.25, 0.3) is 0 Å². The van der Waals surface area contributed by atoms with E-state index in [0.29, 0.717) is 5.15 Å². The van der Waals surface area contributed by atoms with Gasteiger partial charge in [0, 0.05) is 33.2 Å². The molecule has 0 spiro atoms. The second-order valence-electron chi connectivity index (χ2n) is 3.18. The number of hydrogen-bond acceptors (Lipinski definition) is 3. The summed E-state index contributed by atoms with van der Waals surface area (Å²) in [7, 11) is 1.94. The molecule has 0 amide bonds. The Kier molecular flexibility index (Phi) is 2.42. The molecule has 1 aromatic heterocycles. The van der Waals surface area contributed by atoms with Crippen LogP contribution in [-0.2, 0) is 7.05 Å². The maximum atomic E-state index is 5.91. The van der Waals surface area contributed by atoms with E-state index in [1.54, 1.807) is 6.20 Å². The van der Waals surface area contributed by atoms with Gasteiger partial charge in [-0.1, -0.05) is 11.6 Å². The molecule has 1 aliphatic heterocycles. The maximum Gasteiger partial charge on any atom is 0.206 e. The van der Waals surface area contributed by atoms with Crippen LogP contribution in [0.5, 0.6) is 0 Å². The van der Waals surface area contributed by atoms with Crippen molar-refractivity contribution in [1.29, 1.82) is 0 Å². The van der Waals surface area contributed by atoms with Crippen molar-refractivity contribution >= 4 is 17.5 Å². The van der Waals surface area contributed by atoms with Gasteiger partial charge in [-0.2, -0.15) is 0 Å². The van der Waals surface area contributed by atoms with Gasteiger partial charge < -0.3 is 14.8 Å². The summed E-state index contributed by atoms with van der Waals surface area (Å²) < 4.78 is 1.91. The SMILES string of the molecule is Cn1c(Cl)cnc1N1CCNCC1. The predicted molar refractivity (Wildman–Crippen MR) is 53.3 cm³/mol. The van der Waals surface area contributed by atoms with E-state index >= 15 is 0 Å². The van der Waals surface area contributed by atoms with E-state index in [1.807, 2.05) is 11.6 Å². The average molecular weight is 201 g/mol. The van der Waals surface area contributed by atoms with Crippen LogP contribution in [0.4, 0.5) is 5.95 Å². The standard InChI is InChI=1S/C8H13ClN4/c1-12-7(9)6-11-8(12)13-4-2-10-3-5-13/h6,10H,2-5H2,1H3. The van der Waals surface area contributed by atoms with E-state index in [-0.39, 0.29) is 0 Å². The van der Waals surface area contributed by atoms with Crippen molar-refractivity contribution < 1.29 is 0 Å². The van der Waals surface area contributed by atoms with Gasteiger partial charge >= 0.3 is 0 Å². The highest BCUT2D eigenvalue weighted by Crippen LogP contribution is 2.17. The Morgan fingerprint density at radius 1 is 1.46 bits per heavy atom. The molecule has 5 heteroatoms. The molecule has 1 aromatic rings. The molecule has 72 valence electrons. The summed E-state index contributed by atoms with van der Waals surface area (Å²) >= 11 is 5.91. The van der Waals surface area contributed by atoms with Crippen LogP contribution in [0.1, 0.15) is 0 Å². The van der Waals surface area contributed by atoms with E-state index in [1.165, 1.54) is 0 Å². The van der Waals surface area contributed by atoms with Gasteiger partial charge in [-0.15, -0.1) is 0 Å². The largest absolute Gasteiger partial charge is 0.340 e. The second kappa shape index (κ2) is 3.55. The number of aromatic nitrogens is 2. The van der Waals surface area contributed by atoms with Crippen molar-refractivity contribution in [2.45, 2.75) is 0 Å². The van der Waals surface area contributed by atoms with Gasteiger partial charge in [0.25, 0.3) is 0 Å². The smallest absolute Gasteiger partial charge is 0.206 e. The Morgan fingerprint density at radius 3 is 2.69 bits per heavy atom. The minimum absolute atomic E-state index is 0.688. The molecule has 0 aromatic carbocycles.